The van der Waals surface area contributed by atoms with E-state index >= 15 is 0 Å². The van der Waals surface area contributed by atoms with E-state index in [-0.39, 0.29) is 22.9 Å². The van der Waals surface area contributed by atoms with Crippen LogP contribution in [-0.2, 0) is 0 Å². The van der Waals surface area contributed by atoms with Crippen molar-refractivity contribution in [2.24, 2.45) is 5.92 Å². The molecule has 0 heterocycles. The second-order valence-electron chi connectivity index (χ2n) is 5.74. The highest BCUT2D eigenvalue weighted by Crippen LogP contribution is 2.35. The van der Waals surface area contributed by atoms with E-state index < -0.39 is 4.92 Å². The average molecular weight is 352 g/mol. The third kappa shape index (κ3) is 5.08. The molecule has 1 aromatic rings. The number of hydrogen-bond donors (Lipinski definition) is 0. The molecule has 25 heavy (non-hydrogen) atoms. The summed E-state index contributed by atoms with van der Waals surface area (Å²) < 4.78 is 10.6. The molecule has 0 aliphatic carbocycles. The summed E-state index contributed by atoms with van der Waals surface area (Å²) in [4.78, 5) is 25.5. The third-order valence-electron chi connectivity index (χ3n) is 4.31. The lowest BCUT2D eigenvalue weighted by molar-refractivity contribution is -0.385. The topological polar surface area (TPSA) is 81.9 Å². The molecule has 140 valence electrons. The summed E-state index contributed by atoms with van der Waals surface area (Å²) >= 11 is 0. The Morgan fingerprint density at radius 3 is 2.28 bits per heavy atom. The molecule has 1 rings (SSSR count). The molecule has 0 aliphatic heterocycles. The highest BCUT2D eigenvalue weighted by atomic mass is 16.6. The largest absolute Gasteiger partial charge is 0.493 e. The first kappa shape index (κ1) is 20.7. The van der Waals surface area contributed by atoms with Crippen molar-refractivity contribution < 1.29 is 19.2 Å². The van der Waals surface area contributed by atoms with Crippen molar-refractivity contribution in [3.63, 3.8) is 0 Å². The summed E-state index contributed by atoms with van der Waals surface area (Å²) in [5.74, 6) is 0.584. The van der Waals surface area contributed by atoms with Gasteiger partial charge in [0.15, 0.2) is 11.5 Å². The number of benzene rings is 1. The number of methoxy groups -OCH3 is 1. The number of ether oxygens (including phenoxy) is 2. The van der Waals surface area contributed by atoms with Crippen molar-refractivity contribution >= 4 is 11.6 Å². The molecule has 0 saturated carbocycles. The molecule has 0 fully saturated rings. The number of nitro groups is 1. The Kier molecular flexibility index (Phi) is 8.18. The van der Waals surface area contributed by atoms with Crippen molar-refractivity contribution in [1.82, 2.24) is 4.90 Å². The van der Waals surface area contributed by atoms with E-state index in [2.05, 4.69) is 13.8 Å². The van der Waals surface area contributed by atoms with Gasteiger partial charge >= 0.3 is 0 Å². The predicted molar refractivity (Wildman–Crippen MR) is 96.5 cm³/mol. The van der Waals surface area contributed by atoms with Gasteiger partial charge in [-0.25, -0.2) is 0 Å². The normalized spacial score (nSPS) is 10.6. The number of nitrogens with zero attached hydrogens (tertiary/aromatic N) is 2. The van der Waals surface area contributed by atoms with E-state index in [9.17, 15) is 14.9 Å². The standard InChI is InChI=1S/C18H28N2O5/c1-6-13(7-2)12-19(8-3)18(21)14-10-16(24-5)17(25-9-4)11-15(14)20(22)23/h10-11,13H,6-9,12H2,1-5H3. The van der Waals surface area contributed by atoms with Gasteiger partial charge < -0.3 is 14.4 Å². The van der Waals surface area contributed by atoms with E-state index in [0.29, 0.717) is 31.4 Å². The summed E-state index contributed by atoms with van der Waals surface area (Å²) in [6.07, 6.45) is 1.91. The van der Waals surface area contributed by atoms with Crippen molar-refractivity contribution in [3.8, 4) is 11.5 Å². The number of rotatable bonds is 10. The molecule has 0 bridgehead atoms. The summed E-state index contributed by atoms with van der Waals surface area (Å²) in [6.45, 7) is 9.22. The van der Waals surface area contributed by atoms with Crippen LogP contribution in [-0.4, -0.2) is 42.5 Å². The van der Waals surface area contributed by atoms with Gasteiger partial charge in [0.2, 0.25) is 0 Å². The van der Waals surface area contributed by atoms with Gasteiger partial charge in [0, 0.05) is 19.2 Å². The summed E-state index contributed by atoms with van der Waals surface area (Å²) in [6, 6.07) is 2.67. The average Bonchev–Trinajstić information content (AvgIpc) is 2.62. The fraction of sp³-hybridized carbons (Fsp3) is 0.611. The maximum atomic E-state index is 12.9. The van der Waals surface area contributed by atoms with E-state index in [4.69, 9.17) is 9.47 Å². The van der Waals surface area contributed by atoms with Gasteiger partial charge in [-0.3, -0.25) is 14.9 Å². The van der Waals surface area contributed by atoms with Crippen LogP contribution in [0, 0.1) is 16.0 Å². The molecule has 7 heteroatoms. The quantitative estimate of drug-likeness (QED) is 0.471. The van der Waals surface area contributed by atoms with Gasteiger partial charge in [-0.15, -0.1) is 0 Å². The SMILES string of the molecule is CCOc1cc([N+](=O)[O-])c(C(=O)N(CC)CC(CC)CC)cc1OC. The van der Waals surface area contributed by atoms with Crippen molar-refractivity contribution in [2.45, 2.75) is 40.5 Å². The maximum Gasteiger partial charge on any atom is 0.286 e. The van der Waals surface area contributed by atoms with Crippen molar-refractivity contribution in [1.29, 1.82) is 0 Å². The van der Waals surface area contributed by atoms with E-state index in [0.717, 1.165) is 12.8 Å². The van der Waals surface area contributed by atoms with Crippen LogP contribution in [0.25, 0.3) is 0 Å². The monoisotopic (exact) mass is 352 g/mol. The second-order valence-corrected chi connectivity index (χ2v) is 5.74. The van der Waals surface area contributed by atoms with Crippen LogP contribution in [0.3, 0.4) is 0 Å². The van der Waals surface area contributed by atoms with E-state index in [1.54, 1.807) is 11.8 Å². The lowest BCUT2D eigenvalue weighted by atomic mass is 10.0. The minimum absolute atomic E-state index is 0.0260. The van der Waals surface area contributed by atoms with Crippen LogP contribution in [0.1, 0.15) is 50.9 Å². The molecule has 0 aliphatic rings. The van der Waals surface area contributed by atoms with Crippen LogP contribution in [0.15, 0.2) is 12.1 Å². The van der Waals surface area contributed by atoms with Gasteiger partial charge in [0.25, 0.3) is 11.6 Å². The zero-order valence-electron chi connectivity index (χ0n) is 15.7. The van der Waals surface area contributed by atoms with E-state index in [1.165, 1.54) is 19.2 Å². The number of carbonyl (C=O) groups is 1. The fourth-order valence-corrected chi connectivity index (χ4v) is 2.68. The Morgan fingerprint density at radius 1 is 1.20 bits per heavy atom. The zero-order chi connectivity index (χ0) is 19.0. The first-order chi connectivity index (χ1) is 11.9. The predicted octanol–water partition coefficient (Wildman–Crippen LogP) is 3.90. The molecular weight excluding hydrogens is 324 g/mol. The lowest BCUT2D eigenvalue weighted by Crippen LogP contribution is -2.35. The first-order valence-corrected chi connectivity index (χ1v) is 8.71. The van der Waals surface area contributed by atoms with Crippen LogP contribution in [0.5, 0.6) is 11.5 Å². The Morgan fingerprint density at radius 2 is 1.84 bits per heavy atom. The second kappa shape index (κ2) is 9.86. The van der Waals surface area contributed by atoms with Crippen LogP contribution in [0.4, 0.5) is 5.69 Å². The minimum Gasteiger partial charge on any atom is -0.493 e. The van der Waals surface area contributed by atoms with Crippen LogP contribution >= 0.6 is 0 Å². The minimum atomic E-state index is -0.555. The molecule has 1 amide bonds. The Bertz CT molecular complexity index is 599. The van der Waals surface area contributed by atoms with Crippen molar-refractivity contribution in [2.75, 3.05) is 26.8 Å². The molecule has 0 unspecified atom stereocenters. The molecule has 1 aromatic carbocycles. The van der Waals surface area contributed by atoms with Crippen LogP contribution < -0.4 is 9.47 Å². The zero-order valence-corrected chi connectivity index (χ0v) is 15.7. The third-order valence-corrected chi connectivity index (χ3v) is 4.31. The molecule has 0 aromatic heterocycles. The first-order valence-electron chi connectivity index (χ1n) is 8.71. The Balaban J connectivity index is 3.32. The highest BCUT2D eigenvalue weighted by Gasteiger charge is 2.28. The maximum absolute atomic E-state index is 12.9. The fourth-order valence-electron chi connectivity index (χ4n) is 2.68. The van der Waals surface area contributed by atoms with Gasteiger partial charge in [-0.2, -0.15) is 0 Å². The molecule has 0 spiro atoms. The molecule has 0 radical (unpaired) electrons. The summed E-state index contributed by atoms with van der Waals surface area (Å²) in [7, 11) is 1.44. The summed E-state index contributed by atoms with van der Waals surface area (Å²) in [5.41, 5.74) is -0.240. The smallest absolute Gasteiger partial charge is 0.286 e. The number of carbonyl (C=O) groups excluding carboxylic acids is 1. The van der Waals surface area contributed by atoms with Gasteiger partial charge in [0.1, 0.15) is 5.56 Å². The highest BCUT2D eigenvalue weighted by molar-refractivity contribution is 5.99. The Labute approximate surface area is 149 Å². The van der Waals surface area contributed by atoms with Gasteiger partial charge in [0.05, 0.1) is 24.7 Å². The number of nitro benzene ring substituents is 1. The summed E-state index contributed by atoms with van der Waals surface area (Å²) in [5, 5.41) is 11.5. The Hall–Kier alpha value is -2.31. The molecule has 0 atom stereocenters. The van der Waals surface area contributed by atoms with Gasteiger partial charge in [-0.05, 0) is 19.8 Å². The number of hydrogen-bond acceptors (Lipinski definition) is 5. The lowest BCUT2D eigenvalue weighted by Gasteiger charge is -2.25. The molecule has 0 N–H and O–H groups in total. The van der Waals surface area contributed by atoms with E-state index in [1.807, 2.05) is 6.92 Å². The molecule has 7 nitrogen and oxygen atoms in total. The number of amides is 1. The molecule has 0 saturated heterocycles. The molecular formula is C18H28N2O5. The van der Waals surface area contributed by atoms with Gasteiger partial charge in [-0.1, -0.05) is 26.7 Å². The van der Waals surface area contributed by atoms with Crippen LogP contribution in [0.2, 0.25) is 0 Å². The van der Waals surface area contributed by atoms with Crippen molar-refractivity contribution in [3.05, 3.63) is 27.8 Å².